The quantitative estimate of drug-likeness (QED) is 0.0874. The minimum atomic E-state index is -0.502. The summed E-state index contributed by atoms with van der Waals surface area (Å²) in [6.07, 6.45) is 27.0. The fraction of sp³-hybridized carbons (Fsp3) is 0.300. The number of fused-ring (bicyclic) bond motifs is 3. The Morgan fingerprint density at radius 1 is 0.483 bits per heavy atom. The van der Waals surface area contributed by atoms with Crippen LogP contribution >= 0.6 is 0 Å². The van der Waals surface area contributed by atoms with Crippen LogP contribution in [0.3, 0.4) is 0 Å². The van der Waals surface area contributed by atoms with Crippen molar-refractivity contribution in [3.63, 3.8) is 0 Å². The molecule has 1 atom stereocenters. The minimum absolute atomic E-state index is 0.120. The lowest BCUT2D eigenvalue weighted by atomic mass is 9.96. The zero-order valence-corrected chi connectivity index (χ0v) is 65.5. The Morgan fingerprint density at radius 2 is 0.931 bits per heavy atom. The predicted octanol–water partition coefficient (Wildman–Crippen LogP) is 12.4. The third-order valence-electron chi connectivity index (χ3n) is 22.8. The van der Waals surface area contributed by atoms with Gasteiger partial charge < -0.3 is 38.9 Å². The van der Waals surface area contributed by atoms with Crippen LogP contribution in [0.25, 0.3) is 66.7 Å². The van der Waals surface area contributed by atoms with E-state index < -0.39 is 11.6 Å². The first kappa shape index (κ1) is 77.1. The van der Waals surface area contributed by atoms with Crippen molar-refractivity contribution in [2.45, 2.75) is 38.8 Å². The molecule has 18 rings (SSSR count). The molecule has 0 N–H and O–H groups in total. The summed E-state index contributed by atoms with van der Waals surface area (Å²) in [4.78, 5) is 49.6. The van der Waals surface area contributed by atoms with Gasteiger partial charge in [0.2, 0.25) is 11.8 Å². The molecule has 0 aliphatic carbocycles. The molecule has 2 aromatic carbocycles. The van der Waals surface area contributed by atoms with Gasteiger partial charge >= 0.3 is 0 Å². The lowest BCUT2D eigenvalue weighted by Crippen LogP contribution is -2.50. The normalized spacial score (nSPS) is 16.7. The van der Waals surface area contributed by atoms with E-state index in [1.54, 1.807) is 34.7 Å². The van der Waals surface area contributed by atoms with Crippen molar-refractivity contribution in [1.29, 1.82) is 15.8 Å². The zero-order chi connectivity index (χ0) is 79.8. The standard InChI is InChI=1S/C30H29F2N7.C30H32N8O.C30H28N6O2/c1-36-9-7-21(8-10-36)23-15-25(30-24(16-33)18-35-39(30)19-23)22-5-6-29(34-17-22)38-13-11-37(12-14-38)20-26-27(31)3-2-4-28(26)32;1-35-9-7-23(8-10-35)25-15-27(30-26(16-31)19-34-38(30)21-25)24-4-5-28(32-18-24)37-13-11-36(12-14-37)20-22-3-6-29(39-2)33-17-22;1-21(22-5-3-2-4-6-22)30(37)35-12-10-34(11-13-35)28-8-7-23(17-32-28)27-15-25(24-9-14-38-20-24)19-36-29(27)26(16-31)18-33-36/h2-7,15,17-19H,8-14,20H2,1H3;3-7,15,17-19,21H,8-14,20H2,1-2H3;2-9,15,17-19,21H,10-14,20H2,1H3/t;;21-/m..1/s1. The highest BCUT2D eigenvalue weighted by Gasteiger charge is 2.29. The second kappa shape index (κ2) is 34.8. The maximum absolute atomic E-state index is 14.1. The summed E-state index contributed by atoms with van der Waals surface area (Å²) in [6, 6.07) is 43.5. The monoisotopic (exact) mass is 1550 g/mol. The molecular weight excluding hydrogens is 1460 g/mol. The van der Waals surface area contributed by atoms with E-state index in [0.29, 0.717) is 75.1 Å². The largest absolute Gasteiger partial charge is 0.481 e. The first-order chi connectivity index (χ1) is 56.7. The zero-order valence-electron chi connectivity index (χ0n) is 65.5. The molecule has 6 aliphatic rings. The average molecular weight is 1550 g/mol. The number of rotatable bonds is 16. The summed E-state index contributed by atoms with van der Waals surface area (Å²) < 4.78 is 44.3. The molecule has 0 radical (unpaired) electrons. The van der Waals surface area contributed by atoms with Crippen LogP contribution in [0, 0.1) is 45.6 Å². The van der Waals surface area contributed by atoms with E-state index >= 15 is 0 Å². The number of nitriles is 3. The second-order valence-electron chi connectivity index (χ2n) is 30.1. The number of likely N-dealkylation sites (N-methyl/N-ethyl adjacent to an activating group) is 2. The summed E-state index contributed by atoms with van der Waals surface area (Å²) in [5, 5.41) is 42.5. The van der Waals surface area contributed by atoms with Crippen molar-refractivity contribution < 1.29 is 23.0 Å². The fourth-order valence-corrected chi connectivity index (χ4v) is 16.0. The maximum atomic E-state index is 14.1. The number of aromatic nitrogens is 10. The van der Waals surface area contributed by atoms with E-state index in [4.69, 9.17) is 24.4 Å². The number of halogens is 2. The summed E-state index contributed by atoms with van der Waals surface area (Å²) in [6.45, 7) is 17.5. The molecule has 24 nitrogen and oxygen atoms in total. The van der Waals surface area contributed by atoms with Crippen LogP contribution < -0.4 is 19.4 Å². The Kier molecular flexibility index (Phi) is 23.2. The van der Waals surface area contributed by atoms with E-state index in [-0.39, 0.29) is 23.9 Å². The van der Waals surface area contributed by atoms with Crippen LogP contribution in [0.5, 0.6) is 5.88 Å². The predicted molar refractivity (Wildman–Crippen MR) is 444 cm³/mol. The Hall–Kier alpha value is -12.9. The molecule has 0 unspecified atom stereocenters. The molecule has 0 saturated carbocycles. The molecule has 0 bridgehead atoms. The fourth-order valence-electron chi connectivity index (χ4n) is 16.0. The van der Waals surface area contributed by atoms with Crippen LogP contribution in [-0.2, 0) is 22.6 Å². The van der Waals surface area contributed by atoms with Crippen molar-refractivity contribution >= 4 is 56.6 Å². The van der Waals surface area contributed by atoms with E-state index in [1.165, 1.54) is 34.9 Å². The molecule has 12 aromatic rings. The van der Waals surface area contributed by atoms with Gasteiger partial charge in [-0.2, -0.15) is 31.1 Å². The van der Waals surface area contributed by atoms with Gasteiger partial charge in [-0.05, 0) is 145 Å². The minimum Gasteiger partial charge on any atom is -0.481 e. The molecule has 3 fully saturated rings. The average Bonchev–Trinajstić information content (AvgIpc) is 1.57. The molecule has 0 spiro atoms. The topological polar surface area (TPSA) is 236 Å². The lowest BCUT2D eigenvalue weighted by molar-refractivity contribution is -0.132. The number of carbonyl (C=O) groups excluding carboxylic acids is 1. The van der Waals surface area contributed by atoms with Crippen LogP contribution in [0.15, 0.2) is 195 Å². The van der Waals surface area contributed by atoms with Gasteiger partial charge in [-0.15, -0.1) is 0 Å². The Bertz CT molecular complexity index is 5760. The highest BCUT2D eigenvalue weighted by Crippen LogP contribution is 2.37. The second-order valence-corrected chi connectivity index (χ2v) is 30.1. The third-order valence-corrected chi connectivity index (χ3v) is 22.8. The van der Waals surface area contributed by atoms with Gasteiger partial charge in [-0.1, -0.05) is 60.7 Å². The van der Waals surface area contributed by atoms with Crippen molar-refractivity contribution in [2.75, 3.05) is 154 Å². The SMILES string of the molecule is CN1CC=C(c2cc(-c3ccc(N4CCN(Cc5c(F)cccc5F)CC4)nc3)c3c(C#N)cnn3c2)CC1.COc1ccc(CN2CCN(c3ccc(-c4cc(C5=CCN(C)CC5)cn5ncc(C#N)c45)cn3)CC2)cn1.C[C@@H](C(=O)N1CCN(c2ccc(-c3cc(C4=CCOC4)cn4ncc(C#N)c34)cn2)CC1)c1ccccc1. The van der Waals surface area contributed by atoms with Crippen molar-refractivity contribution in [2.24, 2.45) is 0 Å². The number of ether oxygens (including phenoxy) is 2. The molecule has 10 aromatic heterocycles. The number of nitrogens with zero attached hydrogens (tertiary/aromatic N) is 21. The number of hydrogen-bond acceptors (Lipinski definition) is 20. The van der Waals surface area contributed by atoms with Crippen molar-refractivity contribution in [3.05, 3.63) is 257 Å². The van der Waals surface area contributed by atoms with E-state index in [1.807, 2.05) is 120 Å². The Labute approximate surface area is 672 Å². The highest BCUT2D eigenvalue weighted by atomic mass is 19.1. The molecule has 3 saturated heterocycles. The van der Waals surface area contributed by atoms with Crippen LogP contribution in [0.4, 0.5) is 26.2 Å². The molecule has 116 heavy (non-hydrogen) atoms. The molecule has 6 aliphatic heterocycles. The third kappa shape index (κ3) is 16.9. The summed E-state index contributed by atoms with van der Waals surface area (Å²) in [7, 11) is 5.89. The molecule has 1 amide bonds. The number of hydrogen-bond donors (Lipinski definition) is 0. The van der Waals surface area contributed by atoms with Crippen LogP contribution in [0.1, 0.15) is 75.8 Å². The number of amides is 1. The van der Waals surface area contributed by atoms with Gasteiger partial charge in [0.05, 0.1) is 78.1 Å². The van der Waals surface area contributed by atoms with E-state index in [9.17, 15) is 29.4 Å². The number of carbonyl (C=O) groups is 1. The van der Waals surface area contributed by atoms with E-state index in [0.717, 1.165) is 180 Å². The number of piperazine rings is 3. The Morgan fingerprint density at radius 3 is 1.32 bits per heavy atom. The summed E-state index contributed by atoms with van der Waals surface area (Å²) in [5.41, 5.74) is 19.0. The van der Waals surface area contributed by atoms with E-state index in [2.05, 4.69) is 142 Å². The number of methoxy groups -OCH3 is 1. The lowest BCUT2D eigenvalue weighted by Gasteiger charge is -2.36. The summed E-state index contributed by atoms with van der Waals surface area (Å²) >= 11 is 0. The number of pyridine rings is 7. The van der Waals surface area contributed by atoms with Crippen molar-refractivity contribution in [1.82, 2.24) is 73.3 Å². The van der Waals surface area contributed by atoms with Gasteiger partial charge in [0, 0.05) is 206 Å². The first-order valence-corrected chi connectivity index (χ1v) is 39.4. The van der Waals surface area contributed by atoms with Crippen LogP contribution in [-0.4, -0.2) is 218 Å². The van der Waals surface area contributed by atoms with Gasteiger partial charge in [0.15, 0.2) is 0 Å². The first-order valence-electron chi connectivity index (χ1n) is 39.4. The number of benzene rings is 2. The number of anilines is 3. The Balaban J connectivity index is 0.000000131. The van der Waals surface area contributed by atoms with Crippen LogP contribution in [0.2, 0.25) is 0 Å². The van der Waals surface area contributed by atoms with Gasteiger partial charge in [-0.3, -0.25) is 14.6 Å². The summed E-state index contributed by atoms with van der Waals surface area (Å²) in [5.74, 6) is 2.36. The van der Waals surface area contributed by atoms with Crippen molar-refractivity contribution in [3.8, 4) is 57.5 Å². The smallest absolute Gasteiger partial charge is 0.229 e. The highest BCUT2D eigenvalue weighted by molar-refractivity contribution is 5.90. The van der Waals surface area contributed by atoms with Gasteiger partial charge in [0.25, 0.3) is 0 Å². The van der Waals surface area contributed by atoms with Gasteiger partial charge in [0.1, 0.15) is 47.3 Å². The molecule has 16 heterocycles. The maximum Gasteiger partial charge on any atom is 0.229 e. The molecule has 26 heteroatoms. The molecular formula is C90H89F2N21O3. The molecule has 586 valence electrons. The van der Waals surface area contributed by atoms with Gasteiger partial charge in [-0.25, -0.2) is 42.3 Å².